The number of rotatable bonds is 14. The van der Waals surface area contributed by atoms with Crippen LogP contribution in [-0.4, -0.2) is 33.5 Å². The van der Waals surface area contributed by atoms with Gasteiger partial charge in [0.2, 0.25) is 0 Å². The van der Waals surface area contributed by atoms with Crippen molar-refractivity contribution >= 4 is 5.97 Å². The number of aliphatic carboxylic acids is 1. The second-order valence-electron chi connectivity index (χ2n) is 5.78. The average molecular weight is 338 g/mol. The van der Waals surface area contributed by atoms with E-state index in [1.807, 2.05) is 6.08 Å². The predicted octanol–water partition coefficient (Wildman–Crippen LogP) is 4.16. The summed E-state index contributed by atoms with van der Waals surface area (Å²) in [5, 5.41) is 27.9. The highest BCUT2D eigenvalue weighted by Gasteiger charge is 2.01. The zero-order valence-electron chi connectivity index (χ0n) is 14.7. The summed E-state index contributed by atoms with van der Waals surface area (Å²) in [4.78, 5) is 10.3. The number of aliphatic hydroxyl groups excluding tert-OH is 2. The zero-order valence-corrected chi connectivity index (χ0v) is 14.7. The molecule has 0 aliphatic rings. The highest BCUT2D eigenvalue weighted by molar-refractivity contribution is 5.66. The summed E-state index contributed by atoms with van der Waals surface area (Å²) in [6.07, 6.45) is 19.8. The smallest absolute Gasteiger partial charge is 0.303 e. The molecule has 0 aromatic heterocycles. The Balaban J connectivity index is 3.81. The van der Waals surface area contributed by atoms with Crippen LogP contribution in [0, 0.1) is 0 Å². The number of aliphatic hydroxyl groups is 2. The molecular weight excluding hydrogens is 306 g/mol. The van der Waals surface area contributed by atoms with Gasteiger partial charge in [0, 0.05) is 6.42 Å². The maximum atomic E-state index is 10.3. The molecule has 3 N–H and O–H groups in total. The van der Waals surface area contributed by atoms with Gasteiger partial charge in [-0.1, -0.05) is 68.4 Å². The summed E-state index contributed by atoms with van der Waals surface area (Å²) in [6, 6.07) is 0. The highest BCUT2D eigenvalue weighted by atomic mass is 16.5. The molecule has 0 aromatic carbocycles. The minimum atomic E-state index is -0.842. The molecule has 0 heterocycles. The first-order valence-corrected chi connectivity index (χ1v) is 8.80. The van der Waals surface area contributed by atoms with Crippen molar-refractivity contribution in [2.24, 2.45) is 0 Å². The van der Waals surface area contributed by atoms with E-state index in [2.05, 4.69) is 13.0 Å². The molecule has 4 heteroatoms. The van der Waals surface area contributed by atoms with Gasteiger partial charge < -0.3 is 15.3 Å². The minimum absolute atomic E-state index is 0.0778. The molecule has 0 saturated heterocycles. The van der Waals surface area contributed by atoms with Gasteiger partial charge in [0.25, 0.3) is 0 Å². The van der Waals surface area contributed by atoms with E-state index in [-0.39, 0.29) is 6.42 Å². The van der Waals surface area contributed by atoms with Crippen LogP contribution in [0.25, 0.3) is 0 Å². The van der Waals surface area contributed by atoms with Crippen LogP contribution in [0.4, 0.5) is 0 Å². The normalized spacial score (nSPS) is 15.1. The van der Waals surface area contributed by atoms with Crippen LogP contribution >= 0.6 is 0 Å². The summed E-state index contributed by atoms with van der Waals surface area (Å²) >= 11 is 0. The molecule has 0 aliphatic carbocycles. The Kier molecular flexibility index (Phi) is 15.1. The SMILES string of the molecule is CCCCC/C=C\C[C@@H](O)/C=C/C=C/C=C\[C@@H](O)CC[13CH2][13C](=O)O. The van der Waals surface area contributed by atoms with E-state index in [4.69, 9.17) is 5.11 Å². The van der Waals surface area contributed by atoms with Crippen molar-refractivity contribution in [3.8, 4) is 0 Å². The van der Waals surface area contributed by atoms with Crippen molar-refractivity contribution < 1.29 is 20.1 Å². The van der Waals surface area contributed by atoms with Crippen LogP contribution in [-0.2, 0) is 4.79 Å². The third kappa shape index (κ3) is 16.7. The van der Waals surface area contributed by atoms with Crippen LogP contribution in [0.3, 0.4) is 0 Å². The topological polar surface area (TPSA) is 77.8 Å². The summed E-state index contributed by atoms with van der Waals surface area (Å²) in [7, 11) is 0. The molecule has 0 aliphatic heterocycles. The van der Waals surface area contributed by atoms with E-state index >= 15 is 0 Å². The lowest BCUT2D eigenvalue weighted by molar-refractivity contribution is -0.137. The third-order valence-corrected chi connectivity index (χ3v) is 3.41. The van der Waals surface area contributed by atoms with Gasteiger partial charge in [-0.2, -0.15) is 0 Å². The predicted molar refractivity (Wildman–Crippen MR) is 98.8 cm³/mol. The molecule has 136 valence electrons. The monoisotopic (exact) mass is 338 g/mol. The largest absolute Gasteiger partial charge is 0.481 e. The third-order valence-electron chi connectivity index (χ3n) is 3.41. The summed E-state index contributed by atoms with van der Waals surface area (Å²) in [5.41, 5.74) is 0. The van der Waals surface area contributed by atoms with Crippen LogP contribution in [0.1, 0.15) is 58.3 Å². The Morgan fingerprint density at radius 2 is 1.58 bits per heavy atom. The fourth-order valence-electron chi connectivity index (χ4n) is 2.02. The van der Waals surface area contributed by atoms with E-state index in [9.17, 15) is 15.0 Å². The van der Waals surface area contributed by atoms with Gasteiger partial charge in [-0.05, 0) is 32.1 Å². The molecule has 24 heavy (non-hydrogen) atoms. The number of carboxylic acid groups (broad SMARTS) is 1. The van der Waals surface area contributed by atoms with Gasteiger partial charge in [0.05, 0.1) is 12.2 Å². The van der Waals surface area contributed by atoms with Gasteiger partial charge in [-0.15, -0.1) is 0 Å². The van der Waals surface area contributed by atoms with Gasteiger partial charge in [-0.25, -0.2) is 0 Å². The van der Waals surface area contributed by atoms with Crippen molar-refractivity contribution in [1.82, 2.24) is 0 Å². The molecular formula is C20H32O4. The molecule has 0 saturated carbocycles. The van der Waals surface area contributed by atoms with Gasteiger partial charge in [0.1, 0.15) is 0 Å². The molecule has 0 spiro atoms. The van der Waals surface area contributed by atoms with E-state index < -0.39 is 18.2 Å². The molecule has 2 atom stereocenters. The summed E-state index contributed by atoms with van der Waals surface area (Å²) in [5.74, 6) is -0.842. The Bertz CT molecular complexity index is 421. The first kappa shape index (κ1) is 22.4. The molecule has 4 nitrogen and oxygen atoms in total. The number of hydrogen-bond donors (Lipinski definition) is 3. The van der Waals surface area contributed by atoms with E-state index in [1.54, 1.807) is 36.5 Å². The first-order chi connectivity index (χ1) is 11.6. The van der Waals surface area contributed by atoms with Gasteiger partial charge in [0.15, 0.2) is 0 Å². The fourth-order valence-corrected chi connectivity index (χ4v) is 2.02. The molecule has 0 rings (SSSR count). The van der Waals surface area contributed by atoms with Crippen molar-refractivity contribution in [2.45, 2.75) is 70.5 Å². The van der Waals surface area contributed by atoms with Crippen LogP contribution < -0.4 is 0 Å². The van der Waals surface area contributed by atoms with E-state index in [1.165, 1.54) is 19.3 Å². The second kappa shape index (κ2) is 16.2. The highest BCUT2D eigenvalue weighted by Crippen LogP contribution is 2.03. The average Bonchev–Trinajstić information content (AvgIpc) is 2.53. The van der Waals surface area contributed by atoms with Crippen molar-refractivity contribution in [2.75, 3.05) is 0 Å². The van der Waals surface area contributed by atoms with Gasteiger partial charge >= 0.3 is 5.97 Å². The van der Waals surface area contributed by atoms with Crippen LogP contribution in [0.5, 0.6) is 0 Å². The maximum absolute atomic E-state index is 10.3. The lowest BCUT2D eigenvalue weighted by Gasteiger charge is -2.02. The molecule has 0 bridgehead atoms. The van der Waals surface area contributed by atoms with Gasteiger partial charge in [-0.3, -0.25) is 4.79 Å². The lowest BCUT2D eigenvalue weighted by atomic mass is 10.1. The number of hydrogen-bond acceptors (Lipinski definition) is 3. The fraction of sp³-hybridized carbons (Fsp3) is 0.550. The quantitative estimate of drug-likeness (QED) is 0.192. The number of unbranched alkanes of at least 4 members (excludes halogenated alkanes) is 3. The molecule has 0 radical (unpaired) electrons. The molecule has 0 amide bonds. The minimum Gasteiger partial charge on any atom is -0.481 e. The van der Waals surface area contributed by atoms with Crippen LogP contribution in [0.2, 0.25) is 0 Å². The van der Waals surface area contributed by atoms with E-state index in [0.29, 0.717) is 19.3 Å². The Labute approximate surface area is 145 Å². The number of carbonyl (C=O) groups is 1. The number of carboxylic acids is 1. The molecule has 0 unspecified atom stereocenters. The van der Waals surface area contributed by atoms with Crippen LogP contribution in [0.15, 0.2) is 48.6 Å². The second-order valence-corrected chi connectivity index (χ2v) is 5.78. The maximum Gasteiger partial charge on any atom is 0.303 e. The van der Waals surface area contributed by atoms with E-state index in [0.717, 1.165) is 6.42 Å². The molecule has 0 fully saturated rings. The Hall–Kier alpha value is -1.65. The van der Waals surface area contributed by atoms with Crippen molar-refractivity contribution in [3.05, 3.63) is 48.6 Å². The lowest BCUT2D eigenvalue weighted by Crippen LogP contribution is -2.03. The first-order valence-electron chi connectivity index (χ1n) is 8.80. The molecule has 0 aromatic rings. The zero-order chi connectivity index (χ0) is 18.0. The Morgan fingerprint density at radius 1 is 0.917 bits per heavy atom. The Morgan fingerprint density at radius 3 is 2.21 bits per heavy atom. The summed E-state index contributed by atoms with van der Waals surface area (Å²) in [6.45, 7) is 2.18. The van der Waals surface area contributed by atoms with Crippen molar-refractivity contribution in [3.63, 3.8) is 0 Å². The summed E-state index contributed by atoms with van der Waals surface area (Å²) < 4.78 is 0. The standard InChI is InChI=1S/C20H32O4/c1-2-3-4-5-6-9-13-18(21)14-10-7-8-11-15-19(22)16-12-17-20(23)24/h6-11,14-15,18-19,21-22H,2-5,12-13,16-17H2,1H3,(H,23,24)/b8-7+,9-6-,14-10+,15-11-/t18-,19-/m1/s1/i17+1,20+1. The number of allylic oxidation sites excluding steroid dienone is 5. The van der Waals surface area contributed by atoms with Crippen molar-refractivity contribution in [1.29, 1.82) is 0 Å².